The van der Waals surface area contributed by atoms with Gasteiger partial charge in [-0.15, -0.1) is 0 Å². The van der Waals surface area contributed by atoms with Crippen LogP contribution in [0, 0.1) is 16.0 Å². The first-order valence-electron chi connectivity index (χ1n) is 9.91. The Hall–Kier alpha value is -4.27. The summed E-state index contributed by atoms with van der Waals surface area (Å²) in [6.07, 6.45) is -0.0548. The molecule has 2 amide bonds. The lowest BCUT2D eigenvalue weighted by molar-refractivity contribution is -0.384. The molecule has 1 fully saturated rings. The van der Waals surface area contributed by atoms with Crippen molar-refractivity contribution in [2.45, 2.75) is 6.42 Å². The number of carbonyl (C=O) groups excluding carboxylic acids is 3. The Morgan fingerprint density at radius 1 is 1.06 bits per heavy atom. The van der Waals surface area contributed by atoms with Crippen LogP contribution < -0.4 is 10.2 Å². The van der Waals surface area contributed by atoms with E-state index >= 15 is 0 Å². The molecule has 162 valence electrons. The van der Waals surface area contributed by atoms with Gasteiger partial charge in [-0.25, -0.2) is 0 Å². The highest BCUT2D eigenvalue weighted by Gasteiger charge is 2.36. The van der Waals surface area contributed by atoms with E-state index in [2.05, 4.69) is 5.32 Å². The largest absolute Gasteiger partial charge is 0.455 e. The van der Waals surface area contributed by atoms with Gasteiger partial charge in [0.2, 0.25) is 5.91 Å². The monoisotopic (exact) mass is 433 g/mol. The molecule has 0 aromatic heterocycles. The van der Waals surface area contributed by atoms with Crippen LogP contribution in [0.15, 0.2) is 66.7 Å². The summed E-state index contributed by atoms with van der Waals surface area (Å²) >= 11 is 0. The maximum Gasteiger partial charge on any atom is 0.311 e. The van der Waals surface area contributed by atoms with Crippen LogP contribution in [0.4, 0.5) is 17.1 Å². The smallest absolute Gasteiger partial charge is 0.311 e. The lowest BCUT2D eigenvalue weighted by Crippen LogP contribution is -2.28. The van der Waals surface area contributed by atoms with Gasteiger partial charge in [0, 0.05) is 41.9 Å². The summed E-state index contributed by atoms with van der Waals surface area (Å²) in [4.78, 5) is 48.6. The van der Waals surface area contributed by atoms with Gasteiger partial charge in [0.05, 0.1) is 10.8 Å². The van der Waals surface area contributed by atoms with E-state index in [1.54, 1.807) is 6.07 Å². The predicted octanol–water partition coefficient (Wildman–Crippen LogP) is 3.28. The summed E-state index contributed by atoms with van der Waals surface area (Å²) < 4.78 is 5.14. The van der Waals surface area contributed by atoms with Gasteiger partial charge in [-0.3, -0.25) is 24.5 Å². The minimum absolute atomic E-state index is 0.0548. The molecule has 1 saturated heterocycles. The molecule has 0 spiro atoms. The highest BCUT2D eigenvalue weighted by atomic mass is 16.6. The Bertz CT molecular complexity index is 1200. The second-order valence-electron chi connectivity index (χ2n) is 7.36. The summed E-state index contributed by atoms with van der Waals surface area (Å²) in [6, 6.07) is 18.6. The molecule has 1 aliphatic rings. The number of nitro groups is 1. The zero-order chi connectivity index (χ0) is 22.7. The van der Waals surface area contributed by atoms with Crippen LogP contribution in [0.2, 0.25) is 0 Å². The van der Waals surface area contributed by atoms with Crippen molar-refractivity contribution in [1.29, 1.82) is 0 Å². The number of carbonyl (C=O) groups is 3. The van der Waals surface area contributed by atoms with E-state index in [0.29, 0.717) is 11.4 Å². The molecule has 3 aromatic carbocycles. The number of anilines is 2. The van der Waals surface area contributed by atoms with E-state index in [1.165, 1.54) is 29.2 Å². The maximum absolute atomic E-state index is 12.4. The van der Waals surface area contributed by atoms with Crippen LogP contribution in [0.5, 0.6) is 0 Å². The SMILES string of the molecule is O=C(COC(=O)[C@H]1CC(=O)N(c2ccc([N+](=O)[O-])cc2)C1)Nc1cccc2ccccc12. The minimum Gasteiger partial charge on any atom is -0.455 e. The molecule has 9 heteroatoms. The first-order valence-corrected chi connectivity index (χ1v) is 9.91. The Kier molecular flexibility index (Phi) is 5.80. The molecule has 1 aliphatic heterocycles. The number of nitrogens with zero attached hydrogens (tertiary/aromatic N) is 2. The quantitative estimate of drug-likeness (QED) is 0.362. The number of benzene rings is 3. The lowest BCUT2D eigenvalue weighted by atomic mass is 10.1. The van der Waals surface area contributed by atoms with Crippen molar-refractivity contribution >= 4 is 45.6 Å². The molecule has 0 saturated carbocycles. The van der Waals surface area contributed by atoms with E-state index in [0.717, 1.165) is 10.8 Å². The fourth-order valence-electron chi connectivity index (χ4n) is 3.64. The number of nitrogens with one attached hydrogen (secondary N) is 1. The Balaban J connectivity index is 1.33. The first kappa shape index (κ1) is 21.0. The van der Waals surface area contributed by atoms with E-state index in [4.69, 9.17) is 4.74 Å². The van der Waals surface area contributed by atoms with Crippen molar-refractivity contribution in [2.75, 3.05) is 23.4 Å². The molecule has 1 N–H and O–H groups in total. The fourth-order valence-corrected chi connectivity index (χ4v) is 3.64. The molecule has 0 bridgehead atoms. The van der Waals surface area contributed by atoms with Gasteiger partial charge >= 0.3 is 5.97 Å². The zero-order valence-electron chi connectivity index (χ0n) is 16.9. The summed E-state index contributed by atoms with van der Waals surface area (Å²) in [5.41, 5.74) is 0.989. The second kappa shape index (κ2) is 8.84. The van der Waals surface area contributed by atoms with Crippen LogP contribution in [0.25, 0.3) is 10.8 Å². The van der Waals surface area contributed by atoms with Crippen molar-refractivity contribution in [3.63, 3.8) is 0 Å². The number of amides is 2. The van der Waals surface area contributed by atoms with Crippen molar-refractivity contribution in [3.8, 4) is 0 Å². The first-order chi connectivity index (χ1) is 15.4. The number of fused-ring (bicyclic) bond motifs is 1. The molecular formula is C23H19N3O6. The van der Waals surface area contributed by atoms with E-state index < -0.39 is 29.3 Å². The van der Waals surface area contributed by atoms with Crippen molar-refractivity contribution < 1.29 is 24.0 Å². The van der Waals surface area contributed by atoms with Crippen LogP contribution >= 0.6 is 0 Å². The minimum atomic E-state index is -0.719. The van der Waals surface area contributed by atoms with Gasteiger partial charge in [-0.1, -0.05) is 36.4 Å². The standard InChI is InChI=1S/C23H19N3O6/c27-21(24-20-7-3-5-15-4-1-2-6-19(15)20)14-32-23(29)16-12-22(28)25(13-16)17-8-10-18(11-9-17)26(30)31/h1-11,16H,12-14H2,(H,24,27)/t16-/m0/s1. The van der Waals surface area contributed by atoms with Crippen LogP contribution in [0.1, 0.15) is 6.42 Å². The average molecular weight is 433 g/mol. The molecule has 3 aromatic rings. The van der Waals surface area contributed by atoms with Gasteiger partial charge in [0.1, 0.15) is 0 Å². The molecule has 0 aliphatic carbocycles. The molecule has 0 radical (unpaired) electrons. The average Bonchev–Trinajstić information content (AvgIpc) is 3.19. The van der Waals surface area contributed by atoms with Gasteiger partial charge < -0.3 is 15.0 Å². The number of ether oxygens (including phenoxy) is 1. The molecule has 9 nitrogen and oxygen atoms in total. The molecule has 1 heterocycles. The second-order valence-corrected chi connectivity index (χ2v) is 7.36. The van der Waals surface area contributed by atoms with Gasteiger partial charge in [-0.05, 0) is 23.6 Å². The molecule has 1 atom stereocenters. The van der Waals surface area contributed by atoms with E-state index in [9.17, 15) is 24.5 Å². The van der Waals surface area contributed by atoms with Crippen molar-refractivity contribution in [3.05, 3.63) is 76.8 Å². The normalized spacial score (nSPS) is 15.6. The summed E-state index contributed by atoms with van der Waals surface area (Å²) in [5, 5.41) is 15.4. The topological polar surface area (TPSA) is 119 Å². The molecule has 4 rings (SSSR count). The lowest BCUT2D eigenvalue weighted by Gasteiger charge is -2.16. The van der Waals surface area contributed by atoms with Crippen molar-refractivity contribution in [2.24, 2.45) is 5.92 Å². The molecule has 32 heavy (non-hydrogen) atoms. The van der Waals surface area contributed by atoms with Crippen LogP contribution in [0.3, 0.4) is 0 Å². The number of nitro benzene ring substituents is 1. The zero-order valence-corrected chi connectivity index (χ0v) is 16.9. The number of rotatable bonds is 6. The predicted molar refractivity (Wildman–Crippen MR) is 117 cm³/mol. The number of non-ortho nitro benzene ring substituents is 1. The molecule has 0 unspecified atom stereocenters. The summed E-state index contributed by atoms with van der Waals surface area (Å²) in [6.45, 7) is -0.384. The number of esters is 1. The number of hydrogen-bond acceptors (Lipinski definition) is 6. The van der Waals surface area contributed by atoms with Crippen molar-refractivity contribution in [1.82, 2.24) is 0 Å². The van der Waals surface area contributed by atoms with Gasteiger partial charge in [0.25, 0.3) is 11.6 Å². The summed E-state index contributed by atoms with van der Waals surface area (Å²) in [7, 11) is 0. The highest BCUT2D eigenvalue weighted by molar-refractivity contribution is 6.03. The molecular weight excluding hydrogens is 414 g/mol. The third kappa shape index (κ3) is 4.41. The van der Waals surface area contributed by atoms with E-state index in [-0.39, 0.29) is 24.6 Å². The Morgan fingerprint density at radius 2 is 1.78 bits per heavy atom. The highest BCUT2D eigenvalue weighted by Crippen LogP contribution is 2.27. The third-order valence-corrected chi connectivity index (χ3v) is 5.24. The summed E-state index contributed by atoms with van der Waals surface area (Å²) in [5.74, 6) is -2.13. The van der Waals surface area contributed by atoms with E-state index in [1.807, 2.05) is 36.4 Å². The number of hydrogen-bond donors (Lipinski definition) is 1. The third-order valence-electron chi connectivity index (χ3n) is 5.24. The Labute approximate surface area is 182 Å². The fraction of sp³-hybridized carbons (Fsp3) is 0.174. The van der Waals surface area contributed by atoms with Crippen LogP contribution in [-0.2, 0) is 19.1 Å². The maximum atomic E-state index is 12.4. The van der Waals surface area contributed by atoms with Gasteiger partial charge in [-0.2, -0.15) is 0 Å². The van der Waals surface area contributed by atoms with Gasteiger partial charge in [0.15, 0.2) is 6.61 Å². The Morgan fingerprint density at radius 3 is 2.53 bits per heavy atom. The van der Waals surface area contributed by atoms with Crippen LogP contribution in [-0.4, -0.2) is 35.9 Å².